The molecule has 8 heteroatoms. The van der Waals surface area contributed by atoms with Crippen molar-refractivity contribution in [2.24, 2.45) is 0 Å². The Balaban J connectivity index is 5.58. The SMILES string of the molecule is CCOC(=O)/C(C(=N)C(F)(F)F)=C(/O)C=CN(C)C. The van der Waals surface area contributed by atoms with Crippen LogP contribution in [0.15, 0.2) is 23.6 Å². The number of allylic oxidation sites excluding steroid dienone is 1. The topological polar surface area (TPSA) is 73.6 Å². The number of aliphatic hydroxyl groups excluding tert-OH is 1. The standard InChI is InChI=1S/C11H15F3N2O3/c1-4-19-10(18)8(9(15)11(12,13)14)7(17)5-6-16(2)3/h5-6,15,17H,4H2,1-3H3/b6-5?,8-7+,15-9?. The maximum atomic E-state index is 12.4. The van der Waals surface area contributed by atoms with Crippen molar-refractivity contribution in [1.82, 2.24) is 4.90 Å². The fourth-order valence-electron chi connectivity index (χ4n) is 0.983. The first-order valence-corrected chi connectivity index (χ1v) is 5.22. The van der Waals surface area contributed by atoms with Crippen molar-refractivity contribution in [3.05, 3.63) is 23.6 Å². The van der Waals surface area contributed by atoms with Crippen LogP contribution in [0.4, 0.5) is 13.2 Å². The minimum absolute atomic E-state index is 0.169. The summed E-state index contributed by atoms with van der Waals surface area (Å²) in [5.74, 6) is -2.37. The van der Waals surface area contributed by atoms with Crippen LogP contribution in [0.2, 0.25) is 0 Å². The second-order valence-electron chi connectivity index (χ2n) is 3.63. The number of nitrogens with zero attached hydrogens (tertiary/aromatic N) is 1. The number of rotatable bonds is 5. The molecule has 0 unspecified atom stereocenters. The maximum absolute atomic E-state index is 12.4. The van der Waals surface area contributed by atoms with Gasteiger partial charge in [-0.1, -0.05) is 0 Å². The molecule has 0 saturated heterocycles. The maximum Gasteiger partial charge on any atom is 0.433 e. The molecule has 19 heavy (non-hydrogen) atoms. The largest absolute Gasteiger partial charge is 0.507 e. The Labute approximate surface area is 108 Å². The average molecular weight is 280 g/mol. The summed E-state index contributed by atoms with van der Waals surface area (Å²) in [6, 6.07) is 0. The quantitative estimate of drug-likeness (QED) is 0.266. The molecule has 0 heterocycles. The highest BCUT2D eigenvalue weighted by Crippen LogP contribution is 2.23. The predicted octanol–water partition coefficient (Wildman–Crippen LogP) is 2.02. The fraction of sp³-hybridized carbons (Fsp3) is 0.455. The molecule has 0 fully saturated rings. The summed E-state index contributed by atoms with van der Waals surface area (Å²) in [4.78, 5) is 12.8. The molecule has 0 atom stereocenters. The van der Waals surface area contributed by atoms with Gasteiger partial charge >= 0.3 is 12.1 Å². The summed E-state index contributed by atoms with van der Waals surface area (Å²) in [7, 11) is 3.14. The number of halogens is 3. The van der Waals surface area contributed by atoms with Crippen LogP contribution >= 0.6 is 0 Å². The second kappa shape index (κ2) is 6.81. The molecular weight excluding hydrogens is 265 g/mol. The summed E-state index contributed by atoms with van der Waals surface area (Å²) in [5, 5.41) is 16.4. The van der Waals surface area contributed by atoms with Crippen molar-refractivity contribution in [1.29, 1.82) is 5.41 Å². The van der Waals surface area contributed by atoms with E-state index >= 15 is 0 Å². The minimum Gasteiger partial charge on any atom is -0.507 e. The molecule has 0 aromatic heterocycles. The molecule has 0 aromatic rings. The van der Waals surface area contributed by atoms with Gasteiger partial charge in [0.25, 0.3) is 0 Å². The number of aliphatic hydroxyl groups is 1. The molecular formula is C11H15F3N2O3. The minimum atomic E-state index is -5.05. The molecule has 108 valence electrons. The van der Waals surface area contributed by atoms with Gasteiger partial charge in [-0.25, -0.2) is 4.79 Å². The lowest BCUT2D eigenvalue weighted by atomic mass is 10.1. The van der Waals surface area contributed by atoms with Gasteiger partial charge in [-0.05, 0) is 13.0 Å². The van der Waals surface area contributed by atoms with Gasteiger partial charge in [-0.2, -0.15) is 13.2 Å². The Bertz CT molecular complexity index is 412. The van der Waals surface area contributed by atoms with Crippen molar-refractivity contribution < 1.29 is 27.8 Å². The number of hydrogen-bond acceptors (Lipinski definition) is 5. The summed E-state index contributed by atoms with van der Waals surface area (Å²) in [6.45, 7) is 1.23. The van der Waals surface area contributed by atoms with Gasteiger partial charge in [0.1, 0.15) is 11.3 Å². The van der Waals surface area contributed by atoms with Crippen molar-refractivity contribution in [3.63, 3.8) is 0 Å². The fourth-order valence-corrected chi connectivity index (χ4v) is 0.983. The van der Waals surface area contributed by atoms with E-state index < -0.39 is 29.2 Å². The normalized spacial score (nSPS) is 13.2. The van der Waals surface area contributed by atoms with Crippen molar-refractivity contribution in [3.8, 4) is 0 Å². The highest BCUT2D eigenvalue weighted by atomic mass is 19.4. The zero-order valence-electron chi connectivity index (χ0n) is 10.7. The Kier molecular flexibility index (Phi) is 6.10. The second-order valence-corrected chi connectivity index (χ2v) is 3.63. The van der Waals surface area contributed by atoms with Crippen LogP contribution in [0.5, 0.6) is 0 Å². The molecule has 0 saturated carbocycles. The van der Waals surface area contributed by atoms with E-state index in [0.29, 0.717) is 0 Å². The van der Waals surface area contributed by atoms with Gasteiger partial charge in [-0.3, -0.25) is 5.41 Å². The average Bonchev–Trinajstić information content (AvgIpc) is 2.25. The summed E-state index contributed by atoms with van der Waals surface area (Å²) < 4.78 is 41.7. The summed E-state index contributed by atoms with van der Waals surface area (Å²) >= 11 is 0. The van der Waals surface area contributed by atoms with Gasteiger partial charge in [0.05, 0.1) is 6.61 Å². The van der Waals surface area contributed by atoms with Gasteiger partial charge in [-0.15, -0.1) is 0 Å². The Morgan fingerprint density at radius 2 is 1.95 bits per heavy atom. The van der Waals surface area contributed by atoms with Gasteiger partial charge in [0.2, 0.25) is 0 Å². The smallest absolute Gasteiger partial charge is 0.433 e. The van der Waals surface area contributed by atoms with E-state index in [4.69, 9.17) is 5.41 Å². The first-order chi connectivity index (χ1) is 8.61. The predicted molar refractivity (Wildman–Crippen MR) is 62.9 cm³/mol. The molecule has 0 aliphatic carbocycles. The van der Waals surface area contributed by atoms with E-state index in [1.54, 1.807) is 14.1 Å². The number of hydrogen-bond donors (Lipinski definition) is 2. The van der Waals surface area contributed by atoms with E-state index in [0.717, 1.165) is 6.08 Å². The number of ether oxygens (including phenoxy) is 1. The number of esters is 1. The molecule has 0 radical (unpaired) electrons. The number of carbonyl (C=O) groups is 1. The molecule has 2 N–H and O–H groups in total. The first kappa shape index (κ1) is 17.0. The molecule has 0 aliphatic heterocycles. The lowest BCUT2D eigenvalue weighted by Crippen LogP contribution is -2.29. The molecule has 0 bridgehead atoms. The molecule has 0 aromatic carbocycles. The van der Waals surface area contributed by atoms with Crippen LogP contribution < -0.4 is 0 Å². The zero-order valence-corrected chi connectivity index (χ0v) is 10.7. The third-order valence-corrected chi connectivity index (χ3v) is 1.80. The van der Waals surface area contributed by atoms with E-state index in [1.165, 1.54) is 18.0 Å². The van der Waals surface area contributed by atoms with Gasteiger partial charge in [0, 0.05) is 20.3 Å². The molecule has 5 nitrogen and oxygen atoms in total. The Hall–Kier alpha value is -1.99. The van der Waals surface area contributed by atoms with Crippen LogP contribution in [-0.2, 0) is 9.53 Å². The lowest BCUT2D eigenvalue weighted by molar-refractivity contribution is -0.138. The molecule has 0 spiro atoms. The molecule has 0 rings (SSSR count). The molecule has 0 amide bonds. The highest BCUT2D eigenvalue weighted by Gasteiger charge is 2.41. The van der Waals surface area contributed by atoms with Crippen molar-refractivity contribution in [2.75, 3.05) is 20.7 Å². The molecule has 0 aliphatic rings. The third kappa shape index (κ3) is 5.45. The van der Waals surface area contributed by atoms with E-state index in [1.807, 2.05) is 0 Å². The Morgan fingerprint density at radius 3 is 2.32 bits per heavy atom. The summed E-state index contributed by atoms with van der Waals surface area (Å²) in [6.07, 6.45) is -2.94. The van der Waals surface area contributed by atoms with Gasteiger partial charge in [0.15, 0.2) is 5.71 Å². The third-order valence-electron chi connectivity index (χ3n) is 1.80. The van der Waals surface area contributed by atoms with E-state index in [9.17, 15) is 23.1 Å². The van der Waals surface area contributed by atoms with Crippen LogP contribution in [0, 0.1) is 5.41 Å². The van der Waals surface area contributed by atoms with E-state index in [2.05, 4.69) is 4.74 Å². The van der Waals surface area contributed by atoms with Crippen molar-refractivity contribution in [2.45, 2.75) is 13.1 Å². The van der Waals surface area contributed by atoms with Crippen LogP contribution in [-0.4, -0.2) is 48.6 Å². The lowest BCUT2D eigenvalue weighted by Gasteiger charge is -2.12. The van der Waals surface area contributed by atoms with Crippen LogP contribution in [0.3, 0.4) is 0 Å². The first-order valence-electron chi connectivity index (χ1n) is 5.22. The number of alkyl halides is 3. The highest BCUT2D eigenvalue weighted by molar-refractivity contribution is 6.21. The number of nitrogens with one attached hydrogen (secondary N) is 1. The summed E-state index contributed by atoms with van der Waals surface area (Å²) in [5.41, 5.74) is -3.17. The monoisotopic (exact) mass is 280 g/mol. The number of carbonyl (C=O) groups excluding carboxylic acids is 1. The van der Waals surface area contributed by atoms with Crippen LogP contribution in [0.1, 0.15) is 6.92 Å². The zero-order chi connectivity index (χ0) is 15.2. The van der Waals surface area contributed by atoms with Crippen molar-refractivity contribution >= 4 is 11.7 Å². The van der Waals surface area contributed by atoms with Gasteiger partial charge < -0.3 is 14.7 Å². The van der Waals surface area contributed by atoms with Crippen LogP contribution in [0.25, 0.3) is 0 Å². The Morgan fingerprint density at radius 1 is 1.42 bits per heavy atom. The van der Waals surface area contributed by atoms with E-state index in [-0.39, 0.29) is 6.61 Å².